The standard InChI is InChI=1S/C10H19BrCl2O2/c1-7(2)10(6-14-3)15-9(5-13)8(11)4-12/h7-10H,4-6H2,1-3H3. The molecule has 0 saturated heterocycles. The molecule has 0 aromatic heterocycles. The predicted molar refractivity (Wildman–Crippen MR) is 69.5 cm³/mol. The Labute approximate surface area is 111 Å². The average Bonchev–Trinajstić information content (AvgIpc) is 2.22. The first-order valence-electron chi connectivity index (χ1n) is 4.97. The molecule has 2 nitrogen and oxygen atoms in total. The summed E-state index contributed by atoms with van der Waals surface area (Å²) in [6.45, 7) is 4.77. The van der Waals surface area contributed by atoms with Crippen LogP contribution in [-0.4, -0.2) is 42.5 Å². The first-order chi connectivity index (χ1) is 7.06. The molecule has 0 rings (SSSR count). The van der Waals surface area contributed by atoms with E-state index in [0.29, 0.717) is 24.3 Å². The minimum Gasteiger partial charge on any atom is -0.382 e. The topological polar surface area (TPSA) is 18.5 Å². The average molecular weight is 322 g/mol. The number of alkyl halides is 3. The van der Waals surface area contributed by atoms with Crippen molar-refractivity contribution < 1.29 is 9.47 Å². The van der Waals surface area contributed by atoms with Crippen LogP contribution >= 0.6 is 39.1 Å². The summed E-state index contributed by atoms with van der Waals surface area (Å²) in [6, 6.07) is 0. The van der Waals surface area contributed by atoms with Crippen molar-refractivity contribution in [1.82, 2.24) is 0 Å². The lowest BCUT2D eigenvalue weighted by molar-refractivity contribution is -0.0596. The van der Waals surface area contributed by atoms with Gasteiger partial charge in [-0.1, -0.05) is 29.8 Å². The van der Waals surface area contributed by atoms with Crippen molar-refractivity contribution in [1.29, 1.82) is 0 Å². The molecule has 0 saturated carbocycles. The summed E-state index contributed by atoms with van der Waals surface area (Å²) < 4.78 is 11.0. The summed E-state index contributed by atoms with van der Waals surface area (Å²) in [5, 5.41) is 0. The summed E-state index contributed by atoms with van der Waals surface area (Å²) in [5.74, 6) is 1.30. The SMILES string of the molecule is COCC(OC(CCl)C(Br)CCl)C(C)C. The van der Waals surface area contributed by atoms with Crippen LogP contribution in [0.4, 0.5) is 0 Å². The number of hydrogen-bond acceptors (Lipinski definition) is 2. The third kappa shape index (κ3) is 6.32. The highest BCUT2D eigenvalue weighted by Gasteiger charge is 2.24. The van der Waals surface area contributed by atoms with Gasteiger partial charge in [-0.05, 0) is 5.92 Å². The van der Waals surface area contributed by atoms with Crippen LogP contribution in [0, 0.1) is 5.92 Å². The third-order valence-electron chi connectivity index (χ3n) is 2.13. The maximum atomic E-state index is 5.87. The Morgan fingerprint density at radius 1 is 1.13 bits per heavy atom. The van der Waals surface area contributed by atoms with Gasteiger partial charge < -0.3 is 9.47 Å². The zero-order valence-corrected chi connectivity index (χ0v) is 12.5. The molecule has 0 aromatic rings. The molecule has 0 amide bonds. The molecule has 15 heavy (non-hydrogen) atoms. The molecule has 0 aliphatic carbocycles. The Balaban J connectivity index is 4.21. The van der Waals surface area contributed by atoms with E-state index < -0.39 is 0 Å². The largest absolute Gasteiger partial charge is 0.382 e. The van der Waals surface area contributed by atoms with Crippen LogP contribution in [-0.2, 0) is 9.47 Å². The molecular formula is C10H19BrCl2O2. The zero-order valence-electron chi connectivity index (χ0n) is 9.38. The van der Waals surface area contributed by atoms with E-state index in [2.05, 4.69) is 29.8 Å². The Morgan fingerprint density at radius 2 is 1.73 bits per heavy atom. The highest BCUT2D eigenvalue weighted by molar-refractivity contribution is 9.09. The van der Waals surface area contributed by atoms with Crippen LogP contribution in [0.1, 0.15) is 13.8 Å². The first-order valence-corrected chi connectivity index (χ1v) is 6.95. The molecule has 5 heteroatoms. The molecule has 0 aromatic carbocycles. The summed E-state index contributed by atoms with van der Waals surface area (Å²) in [4.78, 5) is 0.0785. The number of methoxy groups -OCH3 is 1. The van der Waals surface area contributed by atoms with Crippen LogP contribution in [0.5, 0.6) is 0 Å². The second-order valence-electron chi connectivity index (χ2n) is 3.74. The van der Waals surface area contributed by atoms with Crippen molar-refractivity contribution in [2.75, 3.05) is 25.5 Å². The fourth-order valence-electron chi connectivity index (χ4n) is 1.10. The molecule has 0 aliphatic heterocycles. The number of hydrogen-bond donors (Lipinski definition) is 0. The van der Waals surface area contributed by atoms with Gasteiger partial charge in [0.1, 0.15) is 0 Å². The van der Waals surface area contributed by atoms with Crippen molar-refractivity contribution in [3.05, 3.63) is 0 Å². The molecule has 0 fully saturated rings. The molecule has 0 radical (unpaired) electrons. The van der Waals surface area contributed by atoms with Gasteiger partial charge >= 0.3 is 0 Å². The highest BCUT2D eigenvalue weighted by atomic mass is 79.9. The fraction of sp³-hybridized carbons (Fsp3) is 1.00. The molecular weight excluding hydrogens is 303 g/mol. The second kappa shape index (κ2) is 9.06. The van der Waals surface area contributed by atoms with E-state index in [4.69, 9.17) is 32.7 Å². The molecule has 0 spiro atoms. The van der Waals surface area contributed by atoms with Gasteiger partial charge in [-0.15, -0.1) is 23.2 Å². The van der Waals surface area contributed by atoms with Crippen molar-refractivity contribution in [3.63, 3.8) is 0 Å². The lowest BCUT2D eigenvalue weighted by atomic mass is 10.1. The monoisotopic (exact) mass is 320 g/mol. The highest BCUT2D eigenvalue weighted by Crippen LogP contribution is 2.18. The van der Waals surface area contributed by atoms with Crippen molar-refractivity contribution in [2.45, 2.75) is 30.9 Å². The molecule has 0 N–H and O–H groups in total. The van der Waals surface area contributed by atoms with Gasteiger partial charge in [0.15, 0.2) is 0 Å². The van der Waals surface area contributed by atoms with Gasteiger partial charge in [-0.2, -0.15) is 0 Å². The van der Waals surface area contributed by atoms with Gasteiger partial charge in [-0.25, -0.2) is 0 Å². The molecule has 0 aliphatic rings. The maximum absolute atomic E-state index is 5.87. The Bertz CT molecular complexity index is 158. The molecule has 0 bridgehead atoms. The van der Waals surface area contributed by atoms with Crippen LogP contribution < -0.4 is 0 Å². The molecule has 3 atom stereocenters. The van der Waals surface area contributed by atoms with E-state index in [1.807, 2.05) is 0 Å². The van der Waals surface area contributed by atoms with Crippen LogP contribution in [0.15, 0.2) is 0 Å². The minimum absolute atomic E-state index is 0.0574. The minimum atomic E-state index is -0.0771. The number of rotatable bonds is 8. The van der Waals surface area contributed by atoms with Crippen molar-refractivity contribution in [2.24, 2.45) is 5.92 Å². The van der Waals surface area contributed by atoms with Crippen molar-refractivity contribution >= 4 is 39.1 Å². The quantitative estimate of drug-likeness (QED) is 0.639. The van der Waals surface area contributed by atoms with E-state index in [9.17, 15) is 0 Å². The third-order valence-corrected chi connectivity index (χ3v) is 4.05. The van der Waals surface area contributed by atoms with Crippen LogP contribution in [0.25, 0.3) is 0 Å². The van der Waals surface area contributed by atoms with Gasteiger partial charge in [0.05, 0.1) is 23.6 Å². The summed E-state index contributed by atoms with van der Waals surface area (Å²) in [7, 11) is 1.67. The summed E-state index contributed by atoms with van der Waals surface area (Å²) >= 11 is 15.0. The fourth-order valence-corrected chi connectivity index (χ4v) is 2.11. The van der Waals surface area contributed by atoms with E-state index >= 15 is 0 Å². The van der Waals surface area contributed by atoms with Gasteiger partial charge in [0.25, 0.3) is 0 Å². The van der Waals surface area contributed by atoms with Crippen LogP contribution in [0.3, 0.4) is 0 Å². The lowest BCUT2D eigenvalue weighted by Gasteiger charge is -2.28. The van der Waals surface area contributed by atoms with E-state index in [1.165, 1.54) is 0 Å². The summed E-state index contributed by atoms with van der Waals surface area (Å²) in [6.07, 6.45) is -0.0197. The number of halogens is 3. The Hall–Kier alpha value is 0.980. The zero-order chi connectivity index (χ0) is 11.8. The van der Waals surface area contributed by atoms with Gasteiger partial charge in [0.2, 0.25) is 0 Å². The Kier molecular flexibility index (Phi) is 9.65. The van der Waals surface area contributed by atoms with Gasteiger partial charge in [-0.3, -0.25) is 0 Å². The second-order valence-corrected chi connectivity index (χ2v) is 5.53. The van der Waals surface area contributed by atoms with E-state index in [1.54, 1.807) is 7.11 Å². The number of ether oxygens (including phenoxy) is 2. The molecule has 3 unspecified atom stereocenters. The molecule has 92 valence electrons. The van der Waals surface area contributed by atoms with E-state index in [-0.39, 0.29) is 17.0 Å². The predicted octanol–water partition coefficient (Wildman–Crippen LogP) is 3.28. The lowest BCUT2D eigenvalue weighted by Crippen LogP contribution is -2.36. The van der Waals surface area contributed by atoms with Crippen LogP contribution in [0.2, 0.25) is 0 Å². The van der Waals surface area contributed by atoms with Gasteiger partial charge in [0, 0.05) is 18.9 Å². The van der Waals surface area contributed by atoms with E-state index in [0.717, 1.165) is 0 Å². The van der Waals surface area contributed by atoms with Crippen molar-refractivity contribution in [3.8, 4) is 0 Å². The normalized spacial score (nSPS) is 17.8. The molecule has 0 heterocycles. The Morgan fingerprint density at radius 3 is 2.07 bits per heavy atom. The smallest absolute Gasteiger partial charge is 0.0851 e. The first kappa shape index (κ1) is 16.0. The summed E-state index contributed by atoms with van der Waals surface area (Å²) in [5.41, 5.74) is 0. The maximum Gasteiger partial charge on any atom is 0.0851 e.